The predicted octanol–water partition coefficient (Wildman–Crippen LogP) is 3.24. The van der Waals surface area contributed by atoms with E-state index in [0.717, 1.165) is 0 Å². The van der Waals surface area contributed by atoms with Crippen LogP contribution in [0.3, 0.4) is 0 Å². The number of ketones is 1. The minimum atomic E-state index is -1.10. The maximum atomic E-state index is 12.5. The monoisotopic (exact) mass is 382 g/mol. The van der Waals surface area contributed by atoms with Crippen molar-refractivity contribution < 1.29 is 28.2 Å². The largest absolute Gasteiger partial charge is 0.497 e. The number of methoxy groups -OCH3 is 2. The summed E-state index contributed by atoms with van der Waals surface area (Å²) in [4.78, 5) is 37.1. The van der Waals surface area contributed by atoms with Gasteiger partial charge in [0, 0.05) is 10.9 Å². The summed E-state index contributed by atoms with van der Waals surface area (Å²) in [6.07, 6.45) is -1.10. The van der Waals surface area contributed by atoms with E-state index < -0.39 is 23.5 Å². The minimum Gasteiger partial charge on any atom is -0.497 e. The van der Waals surface area contributed by atoms with Gasteiger partial charge < -0.3 is 18.6 Å². The maximum Gasteiger partial charge on any atom is 0.351 e. The highest BCUT2D eigenvalue weighted by Gasteiger charge is 2.23. The van der Waals surface area contributed by atoms with E-state index >= 15 is 0 Å². The van der Waals surface area contributed by atoms with Crippen molar-refractivity contribution in [2.24, 2.45) is 0 Å². The highest BCUT2D eigenvalue weighted by Crippen LogP contribution is 2.21. The molecule has 0 bridgehead atoms. The van der Waals surface area contributed by atoms with E-state index in [1.165, 1.54) is 27.2 Å². The first kappa shape index (κ1) is 19.2. The molecule has 3 rings (SSSR count). The average Bonchev–Trinajstić information content (AvgIpc) is 2.72. The third-order valence-corrected chi connectivity index (χ3v) is 4.17. The van der Waals surface area contributed by atoms with Crippen molar-refractivity contribution in [2.45, 2.75) is 13.0 Å². The molecule has 0 aliphatic rings. The van der Waals surface area contributed by atoms with Crippen LogP contribution in [-0.4, -0.2) is 32.1 Å². The quantitative estimate of drug-likeness (QED) is 0.367. The van der Waals surface area contributed by atoms with Crippen molar-refractivity contribution in [3.63, 3.8) is 0 Å². The average molecular weight is 382 g/mol. The summed E-state index contributed by atoms with van der Waals surface area (Å²) in [7, 11) is 2.99. The van der Waals surface area contributed by atoms with Crippen LogP contribution in [-0.2, 0) is 4.74 Å². The summed E-state index contributed by atoms with van der Waals surface area (Å²) >= 11 is 0. The molecule has 28 heavy (non-hydrogen) atoms. The molecular formula is C21H18O7. The van der Waals surface area contributed by atoms with E-state index in [4.69, 9.17) is 18.6 Å². The summed E-state index contributed by atoms with van der Waals surface area (Å²) in [6.45, 7) is 1.44. The molecular weight excluding hydrogens is 364 g/mol. The first-order valence-electron chi connectivity index (χ1n) is 8.44. The predicted molar refractivity (Wildman–Crippen MR) is 101 cm³/mol. The highest BCUT2D eigenvalue weighted by atomic mass is 16.5. The zero-order chi connectivity index (χ0) is 20.3. The van der Waals surface area contributed by atoms with Gasteiger partial charge in [-0.25, -0.2) is 9.59 Å². The zero-order valence-electron chi connectivity index (χ0n) is 15.6. The Kier molecular flexibility index (Phi) is 5.44. The number of hydrogen-bond donors (Lipinski definition) is 0. The Hall–Kier alpha value is -3.61. The molecule has 0 spiro atoms. The van der Waals surface area contributed by atoms with Crippen LogP contribution < -0.4 is 15.1 Å². The van der Waals surface area contributed by atoms with E-state index in [0.29, 0.717) is 28.0 Å². The van der Waals surface area contributed by atoms with Crippen molar-refractivity contribution >= 4 is 22.7 Å². The van der Waals surface area contributed by atoms with Crippen LogP contribution >= 0.6 is 0 Å². The standard InChI is InChI=1S/C21H18O7/c1-12(19(22)13-5-4-6-15(9-13)25-2)27-20(23)17-11-14-10-16(26-3)7-8-18(14)28-21(17)24/h4-12H,1-3H3/t12-/m1/s1. The Morgan fingerprint density at radius 3 is 2.39 bits per heavy atom. The molecule has 0 N–H and O–H groups in total. The second kappa shape index (κ2) is 7.96. The second-order valence-electron chi connectivity index (χ2n) is 6.00. The molecule has 0 aliphatic heterocycles. The lowest BCUT2D eigenvalue weighted by Gasteiger charge is -2.12. The first-order valence-corrected chi connectivity index (χ1v) is 8.44. The van der Waals surface area contributed by atoms with E-state index in [1.54, 1.807) is 42.5 Å². The van der Waals surface area contributed by atoms with Crippen LogP contribution in [0.2, 0.25) is 0 Å². The molecule has 1 aromatic heterocycles. The number of carbonyl (C=O) groups is 2. The lowest BCUT2D eigenvalue weighted by Crippen LogP contribution is -2.27. The number of Topliss-reactive ketones (excluding diaryl/α,β-unsaturated/α-hetero) is 1. The lowest BCUT2D eigenvalue weighted by atomic mass is 10.1. The number of fused-ring (bicyclic) bond motifs is 1. The van der Waals surface area contributed by atoms with Gasteiger partial charge in [-0.3, -0.25) is 4.79 Å². The number of carbonyl (C=O) groups excluding carboxylic acids is 2. The van der Waals surface area contributed by atoms with Crippen LogP contribution in [0.25, 0.3) is 11.0 Å². The molecule has 1 heterocycles. The molecule has 0 amide bonds. The van der Waals surface area contributed by atoms with E-state index in [2.05, 4.69) is 0 Å². The number of ether oxygens (including phenoxy) is 3. The topological polar surface area (TPSA) is 92.0 Å². The van der Waals surface area contributed by atoms with Crippen molar-refractivity contribution in [1.82, 2.24) is 0 Å². The number of hydrogen-bond acceptors (Lipinski definition) is 7. The molecule has 0 aliphatic carbocycles. The van der Waals surface area contributed by atoms with E-state index in [-0.39, 0.29) is 5.56 Å². The van der Waals surface area contributed by atoms with Crippen LogP contribution in [0, 0.1) is 0 Å². The van der Waals surface area contributed by atoms with Gasteiger partial charge in [0.1, 0.15) is 22.6 Å². The van der Waals surface area contributed by atoms with Crippen LogP contribution in [0.5, 0.6) is 11.5 Å². The number of benzene rings is 2. The number of esters is 1. The van der Waals surface area contributed by atoms with Gasteiger partial charge in [0.25, 0.3) is 0 Å². The highest BCUT2D eigenvalue weighted by molar-refractivity contribution is 6.02. The smallest absolute Gasteiger partial charge is 0.351 e. The first-order chi connectivity index (χ1) is 13.4. The molecule has 3 aromatic rings. The summed E-state index contributed by atoms with van der Waals surface area (Å²) < 4.78 is 20.6. The summed E-state index contributed by atoms with van der Waals surface area (Å²) in [5, 5.41) is 0.498. The van der Waals surface area contributed by atoms with Gasteiger partial charge in [-0.05, 0) is 43.3 Å². The second-order valence-corrected chi connectivity index (χ2v) is 6.00. The van der Waals surface area contributed by atoms with Crippen molar-refractivity contribution in [2.75, 3.05) is 14.2 Å². The normalized spacial score (nSPS) is 11.7. The molecule has 7 heteroatoms. The third kappa shape index (κ3) is 3.88. The molecule has 7 nitrogen and oxygen atoms in total. The van der Waals surface area contributed by atoms with Gasteiger partial charge in [-0.1, -0.05) is 12.1 Å². The zero-order valence-corrected chi connectivity index (χ0v) is 15.6. The summed E-state index contributed by atoms with van der Waals surface area (Å²) in [5.41, 5.74) is -0.507. The van der Waals surface area contributed by atoms with Crippen molar-refractivity contribution in [3.8, 4) is 11.5 Å². The Balaban J connectivity index is 1.84. The number of rotatable bonds is 6. The lowest BCUT2D eigenvalue weighted by molar-refractivity contribution is 0.0315. The van der Waals surface area contributed by atoms with Crippen molar-refractivity contribution in [3.05, 3.63) is 70.1 Å². The van der Waals surface area contributed by atoms with E-state index in [9.17, 15) is 14.4 Å². The molecule has 2 aromatic carbocycles. The molecule has 0 fully saturated rings. The van der Waals surface area contributed by atoms with Gasteiger partial charge in [0.15, 0.2) is 6.10 Å². The fourth-order valence-electron chi connectivity index (χ4n) is 2.66. The molecule has 0 unspecified atom stereocenters. The Morgan fingerprint density at radius 1 is 0.964 bits per heavy atom. The Morgan fingerprint density at radius 2 is 1.68 bits per heavy atom. The summed E-state index contributed by atoms with van der Waals surface area (Å²) in [5.74, 6) is -0.308. The van der Waals surface area contributed by atoms with Gasteiger partial charge in [-0.15, -0.1) is 0 Å². The molecule has 0 radical (unpaired) electrons. The van der Waals surface area contributed by atoms with Crippen LogP contribution in [0.1, 0.15) is 27.6 Å². The Bertz CT molecular complexity index is 1100. The van der Waals surface area contributed by atoms with Crippen LogP contribution in [0.4, 0.5) is 0 Å². The summed E-state index contributed by atoms with van der Waals surface area (Å²) in [6, 6.07) is 12.7. The van der Waals surface area contributed by atoms with Gasteiger partial charge in [-0.2, -0.15) is 0 Å². The molecule has 144 valence electrons. The molecule has 0 saturated carbocycles. The van der Waals surface area contributed by atoms with Crippen molar-refractivity contribution in [1.29, 1.82) is 0 Å². The fraction of sp³-hybridized carbons (Fsp3) is 0.190. The maximum absolute atomic E-state index is 12.5. The SMILES string of the molecule is COc1cccc(C(=O)[C@@H](C)OC(=O)c2cc3cc(OC)ccc3oc2=O)c1. The minimum absolute atomic E-state index is 0.300. The van der Waals surface area contributed by atoms with Crippen LogP contribution in [0.15, 0.2) is 57.7 Å². The van der Waals surface area contributed by atoms with Gasteiger partial charge in [0.2, 0.25) is 5.78 Å². The van der Waals surface area contributed by atoms with Gasteiger partial charge >= 0.3 is 11.6 Å². The molecule has 0 saturated heterocycles. The van der Waals surface area contributed by atoms with E-state index in [1.807, 2.05) is 0 Å². The fourth-order valence-corrected chi connectivity index (χ4v) is 2.66. The van der Waals surface area contributed by atoms with Gasteiger partial charge in [0.05, 0.1) is 14.2 Å². The third-order valence-electron chi connectivity index (χ3n) is 4.17. The Labute approximate surface area is 160 Å². The molecule has 1 atom stereocenters.